The predicted octanol–water partition coefficient (Wildman–Crippen LogP) is 1.54. The van der Waals surface area contributed by atoms with E-state index in [1.54, 1.807) is 7.11 Å². The molecule has 1 atom stereocenters. The van der Waals surface area contributed by atoms with E-state index in [4.69, 9.17) is 4.74 Å². The molecule has 0 amide bonds. The van der Waals surface area contributed by atoms with E-state index in [9.17, 15) is 0 Å². The molecule has 3 nitrogen and oxygen atoms in total. The minimum absolute atomic E-state index is 0.621. The van der Waals surface area contributed by atoms with Gasteiger partial charge in [0.2, 0.25) is 0 Å². The number of ether oxygens (including phenoxy) is 1. The van der Waals surface area contributed by atoms with Crippen LogP contribution in [0.15, 0.2) is 24.3 Å². The highest BCUT2D eigenvalue weighted by atomic mass is 16.5. The van der Waals surface area contributed by atoms with E-state index in [1.165, 1.54) is 24.9 Å². The molecule has 1 fully saturated rings. The third-order valence-electron chi connectivity index (χ3n) is 3.05. The third kappa shape index (κ3) is 3.22. The normalized spacial score (nSPS) is 20.7. The molecule has 0 radical (unpaired) electrons. The summed E-state index contributed by atoms with van der Waals surface area (Å²) in [5.74, 6) is 0.920. The fraction of sp³-hybridized carbons (Fsp3) is 0.538. The van der Waals surface area contributed by atoms with Gasteiger partial charge in [0.1, 0.15) is 5.75 Å². The first-order valence-corrected chi connectivity index (χ1v) is 5.95. The monoisotopic (exact) mass is 220 g/mol. The molecule has 0 bridgehead atoms. The van der Waals surface area contributed by atoms with Crippen molar-refractivity contribution in [3.05, 3.63) is 29.8 Å². The SMILES string of the molecule is COc1ccc(CN[C@H]2CCCNC2)cc1. The van der Waals surface area contributed by atoms with Gasteiger partial charge in [0.25, 0.3) is 0 Å². The summed E-state index contributed by atoms with van der Waals surface area (Å²) in [6.45, 7) is 3.20. The first kappa shape index (κ1) is 11.4. The van der Waals surface area contributed by atoms with Crippen molar-refractivity contribution in [2.45, 2.75) is 25.4 Å². The second-order valence-corrected chi connectivity index (χ2v) is 4.27. The zero-order valence-corrected chi connectivity index (χ0v) is 9.83. The van der Waals surface area contributed by atoms with Crippen LogP contribution in [0, 0.1) is 0 Å². The number of rotatable bonds is 4. The van der Waals surface area contributed by atoms with Gasteiger partial charge in [0.15, 0.2) is 0 Å². The Morgan fingerprint density at radius 2 is 2.19 bits per heavy atom. The van der Waals surface area contributed by atoms with Gasteiger partial charge < -0.3 is 15.4 Å². The zero-order chi connectivity index (χ0) is 11.2. The molecule has 1 aliphatic heterocycles. The van der Waals surface area contributed by atoms with Gasteiger partial charge in [-0.15, -0.1) is 0 Å². The van der Waals surface area contributed by atoms with Crippen molar-refractivity contribution in [2.75, 3.05) is 20.2 Å². The van der Waals surface area contributed by atoms with Crippen molar-refractivity contribution in [3.63, 3.8) is 0 Å². The van der Waals surface area contributed by atoms with E-state index in [-0.39, 0.29) is 0 Å². The average molecular weight is 220 g/mol. The minimum atomic E-state index is 0.621. The lowest BCUT2D eigenvalue weighted by molar-refractivity contribution is 0.388. The minimum Gasteiger partial charge on any atom is -0.497 e. The van der Waals surface area contributed by atoms with Gasteiger partial charge in [-0.1, -0.05) is 12.1 Å². The fourth-order valence-corrected chi connectivity index (χ4v) is 2.03. The molecule has 0 saturated carbocycles. The molecule has 88 valence electrons. The van der Waals surface area contributed by atoms with Crippen molar-refractivity contribution in [1.29, 1.82) is 0 Å². The fourth-order valence-electron chi connectivity index (χ4n) is 2.03. The zero-order valence-electron chi connectivity index (χ0n) is 9.83. The summed E-state index contributed by atoms with van der Waals surface area (Å²) in [6.07, 6.45) is 2.56. The number of methoxy groups -OCH3 is 1. The standard InChI is InChI=1S/C13H20N2O/c1-16-13-6-4-11(5-7-13)9-15-12-3-2-8-14-10-12/h4-7,12,14-15H,2-3,8-10H2,1H3/t12-/m0/s1. The van der Waals surface area contributed by atoms with Crippen LogP contribution in [-0.4, -0.2) is 26.2 Å². The molecule has 0 spiro atoms. The Hall–Kier alpha value is -1.06. The molecular weight excluding hydrogens is 200 g/mol. The van der Waals surface area contributed by atoms with E-state index >= 15 is 0 Å². The number of benzene rings is 1. The van der Waals surface area contributed by atoms with E-state index in [0.29, 0.717) is 6.04 Å². The first-order chi connectivity index (χ1) is 7.88. The summed E-state index contributed by atoms with van der Waals surface area (Å²) in [5.41, 5.74) is 1.31. The maximum Gasteiger partial charge on any atom is 0.118 e. The summed E-state index contributed by atoms with van der Waals surface area (Å²) >= 11 is 0. The maximum absolute atomic E-state index is 5.13. The number of hydrogen-bond acceptors (Lipinski definition) is 3. The first-order valence-electron chi connectivity index (χ1n) is 5.95. The van der Waals surface area contributed by atoms with Gasteiger partial charge >= 0.3 is 0 Å². The van der Waals surface area contributed by atoms with Crippen molar-refractivity contribution in [1.82, 2.24) is 10.6 Å². The topological polar surface area (TPSA) is 33.3 Å². The van der Waals surface area contributed by atoms with Gasteiger partial charge in [-0.2, -0.15) is 0 Å². The van der Waals surface area contributed by atoms with Gasteiger partial charge in [-0.05, 0) is 37.1 Å². The summed E-state index contributed by atoms with van der Waals surface area (Å²) in [5, 5.41) is 6.98. The molecule has 1 aliphatic rings. The molecule has 0 aliphatic carbocycles. The lowest BCUT2D eigenvalue weighted by atomic mass is 10.1. The second kappa shape index (κ2) is 5.87. The van der Waals surface area contributed by atoms with Crippen LogP contribution in [0.2, 0.25) is 0 Å². The number of nitrogens with one attached hydrogen (secondary N) is 2. The molecular formula is C13H20N2O. The molecule has 1 saturated heterocycles. The number of hydrogen-bond donors (Lipinski definition) is 2. The van der Waals surface area contributed by atoms with E-state index < -0.39 is 0 Å². The average Bonchev–Trinajstić information content (AvgIpc) is 2.38. The molecule has 3 heteroatoms. The summed E-state index contributed by atoms with van der Waals surface area (Å²) < 4.78 is 5.13. The number of piperidine rings is 1. The molecule has 16 heavy (non-hydrogen) atoms. The van der Waals surface area contributed by atoms with Crippen LogP contribution < -0.4 is 15.4 Å². The third-order valence-corrected chi connectivity index (χ3v) is 3.05. The Morgan fingerprint density at radius 1 is 1.38 bits per heavy atom. The van der Waals surface area contributed by atoms with Crippen molar-refractivity contribution >= 4 is 0 Å². The molecule has 2 N–H and O–H groups in total. The molecule has 1 aromatic rings. The van der Waals surface area contributed by atoms with Crippen LogP contribution in [0.4, 0.5) is 0 Å². The van der Waals surface area contributed by atoms with Gasteiger partial charge in [0, 0.05) is 19.1 Å². The van der Waals surface area contributed by atoms with E-state index in [0.717, 1.165) is 18.8 Å². The molecule has 1 aromatic carbocycles. The van der Waals surface area contributed by atoms with Gasteiger partial charge in [0.05, 0.1) is 7.11 Å². The predicted molar refractivity (Wildman–Crippen MR) is 65.7 cm³/mol. The maximum atomic E-state index is 5.13. The molecule has 0 aromatic heterocycles. The highest BCUT2D eigenvalue weighted by Gasteiger charge is 2.11. The van der Waals surface area contributed by atoms with Crippen LogP contribution in [-0.2, 0) is 6.54 Å². The van der Waals surface area contributed by atoms with Crippen molar-refractivity contribution in [3.8, 4) is 5.75 Å². The highest BCUT2D eigenvalue weighted by molar-refractivity contribution is 5.27. The van der Waals surface area contributed by atoms with E-state index in [1.807, 2.05) is 12.1 Å². The quantitative estimate of drug-likeness (QED) is 0.807. The Kier molecular flexibility index (Phi) is 4.19. The second-order valence-electron chi connectivity index (χ2n) is 4.27. The molecule has 0 unspecified atom stereocenters. The lowest BCUT2D eigenvalue weighted by Crippen LogP contribution is -2.42. The highest BCUT2D eigenvalue weighted by Crippen LogP contribution is 2.11. The van der Waals surface area contributed by atoms with Crippen LogP contribution >= 0.6 is 0 Å². The Morgan fingerprint density at radius 3 is 2.81 bits per heavy atom. The van der Waals surface area contributed by atoms with Crippen LogP contribution in [0.5, 0.6) is 5.75 Å². The Labute approximate surface area is 97.2 Å². The smallest absolute Gasteiger partial charge is 0.118 e. The van der Waals surface area contributed by atoms with Crippen LogP contribution in [0.3, 0.4) is 0 Å². The summed E-state index contributed by atoms with van der Waals surface area (Å²) in [7, 11) is 1.70. The van der Waals surface area contributed by atoms with Crippen molar-refractivity contribution < 1.29 is 4.74 Å². The molecule has 1 heterocycles. The van der Waals surface area contributed by atoms with Crippen molar-refractivity contribution in [2.24, 2.45) is 0 Å². The van der Waals surface area contributed by atoms with E-state index in [2.05, 4.69) is 22.8 Å². The van der Waals surface area contributed by atoms with Gasteiger partial charge in [-0.25, -0.2) is 0 Å². The lowest BCUT2D eigenvalue weighted by Gasteiger charge is -2.23. The van der Waals surface area contributed by atoms with Crippen LogP contribution in [0.25, 0.3) is 0 Å². The largest absolute Gasteiger partial charge is 0.497 e. The van der Waals surface area contributed by atoms with Crippen LogP contribution in [0.1, 0.15) is 18.4 Å². The van der Waals surface area contributed by atoms with Gasteiger partial charge in [-0.3, -0.25) is 0 Å². The summed E-state index contributed by atoms with van der Waals surface area (Å²) in [6, 6.07) is 8.87. The Balaban J connectivity index is 1.79. The Bertz CT molecular complexity index is 304. The molecule has 2 rings (SSSR count). The summed E-state index contributed by atoms with van der Waals surface area (Å²) in [4.78, 5) is 0.